The Bertz CT molecular complexity index is 331. The molecule has 2 rings (SSSR count). The molecule has 1 aromatic rings. The summed E-state index contributed by atoms with van der Waals surface area (Å²) in [5, 5.41) is 0.862. The van der Waals surface area contributed by atoms with E-state index in [0.717, 1.165) is 17.4 Å². The highest BCUT2D eigenvalue weighted by Gasteiger charge is 2.28. The van der Waals surface area contributed by atoms with Crippen LogP contribution in [0.2, 0.25) is 5.02 Å². The molecule has 2 heteroatoms. The second-order valence-electron chi connectivity index (χ2n) is 4.30. The highest BCUT2D eigenvalue weighted by atomic mass is 35.5. The van der Waals surface area contributed by atoms with Gasteiger partial charge in [0.05, 0.1) is 0 Å². The number of rotatable bonds is 3. The second-order valence-corrected chi connectivity index (χ2v) is 4.71. The Morgan fingerprint density at radius 2 is 2.21 bits per heavy atom. The molecule has 0 saturated heterocycles. The van der Waals surface area contributed by atoms with Crippen molar-refractivity contribution < 1.29 is 0 Å². The molecule has 0 heterocycles. The molecule has 0 bridgehead atoms. The van der Waals surface area contributed by atoms with Gasteiger partial charge in [-0.15, -0.1) is 0 Å². The van der Waals surface area contributed by atoms with E-state index in [2.05, 4.69) is 19.1 Å². The Balaban J connectivity index is 2.07. The molecule has 1 aromatic carbocycles. The predicted molar refractivity (Wildman–Crippen MR) is 60.6 cm³/mol. The highest BCUT2D eigenvalue weighted by Crippen LogP contribution is 2.33. The highest BCUT2D eigenvalue weighted by molar-refractivity contribution is 6.31. The fourth-order valence-corrected chi connectivity index (χ4v) is 2.08. The van der Waals surface area contributed by atoms with Crippen LogP contribution in [0.3, 0.4) is 0 Å². The van der Waals surface area contributed by atoms with Gasteiger partial charge in [0.2, 0.25) is 0 Å². The molecule has 1 unspecified atom stereocenters. The van der Waals surface area contributed by atoms with Gasteiger partial charge in [0.25, 0.3) is 0 Å². The summed E-state index contributed by atoms with van der Waals surface area (Å²) in [6.07, 6.45) is 3.51. The standard InChI is InChI=1S/C12H16ClN/c1-8-2-3-10(11(13)6-8)7-12(14)9-4-5-9/h2-3,6,9,12H,4-5,7,14H2,1H3. The van der Waals surface area contributed by atoms with Crippen LogP contribution >= 0.6 is 11.6 Å². The van der Waals surface area contributed by atoms with Gasteiger partial charge >= 0.3 is 0 Å². The molecule has 0 amide bonds. The molecule has 1 fully saturated rings. The van der Waals surface area contributed by atoms with Crippen molar-refractivity contribution in [2.45, 2.75) is 32.2 Å². The van der Waals surface area contributed by atoms with Crippen LogP contribution in [0, 0.1) is 12.8 Å². The van der Waals surface area contributed by atoms with Crippen molar-refractivity contribution in [3.8, 4) is 0 Å². The first-order valence-electron chi connectivity index (χ1n) is 5.17. The normalized spacial score (nSPS) is 18.2. The van der Waals surface area contributed by atoms with Gasteiger partial charge < -0.3 is 5.73 Å². The SMILES string of the molecule is Cc1ccc(CC(N)C2CC2)c(Cl)c1. The summed E-state index contributed by atoms with van der Waals surface area (Å²) >= 11 is 6.14. The lowest BCUT2D eigenvalue weighted by Crippen LogP contribution is -2.25. The lowest BCUT2D eigenvalue weighted by Gasteiger charge is -2.11. The van der Waals surface area contributed by atoms with Crippen LogP contribution in [0.1, 0.15) is 24.0 Å². The van der Waals surface area contributed by atoms with Gasteiger partial charge in [-0.25, -0.2) is 0 Å². The number of aryl methyl sites for hydroxylation is 1. The summed E-state index contributed by atoms with van der Waals surface area (Å²) in [5.74, 6) is 0.743. The lowest BCUT2D eigenvalue weighted by atomic mass is 10.0. The second kappa shape index (κ2) is 3.92. The van der Waals surface area contributed by atoms with E-state index in [1.54, 1.807) is 0 Å². The van der Waals surface area contributed by atoms with Gasteiger partial charge in [0.1, 0.15) is 0 Å². The molecule has 14 heavy (non-hydrogen) atoms. The largest absolute Gasteiger partial charge is 0.327 e. The first kappa shape index (κ1) is 10.0. The van der Waals surface area contributed by atoms with E-state index in [1.165, 1.54) is 24.0 Å². The first-order chi connectivity index (χ1) is 6.66. The molecule has 0 aliphatic heterocycles. The first-order valence-corrected chi connectivity index (χ1v) is 5.55. The third kappa shape index (κ3) is 2.28. The molecular formula is C12H16ClN. The maximum atomic E-state index is 6.14. The summed E-state index contributed by atoms with van der Waals surface area (Å²) in [4.78, 5) is 0. The van der Waals surface area contributed by atoms with Crippen LogP contribution in [0.25, 0.3) is 0 Å². The molecule has 1 aliphatic rings. The summed E-state index contributed by atoms with van der Waals surface area (Å²) in [5.41, 5.74) is 8.46. The van der Waals surface area contributed by atoms with Crippen molar-refractivity contribution in [3.63, 3.8) is 0 Å². The zero-order valence-electron chi connectivity index (χ0n) is 8.46. The van der Waals surface area contributed by atoms with E-state index >= 15 is 0 Å². The topological polar surface area (TPSA) is 26.0 Å². The Morgan fingerprint density at radius 1 is 1.50 bits per heavy atom. The molecule has 1 atom stereocenters. The van der Waals surface area contributed by atoms with Crippen LogP contribution < -0.4 is 5.73 Å². The van der Waals surface area contributed by atoms with Gasteiger partial charge in [-0.3, -0.25) is 0 Å². The molecule has 0 aromatic heterocycles. The lowest BCUT2D eigenvalue weighted by molar-refractivity contribution is 0.592. The molecule has 0 spiro atoms. The number of nitrogens with two attached hydrogens (primary N) is 1. The van der Waals surface area contributed by atoms with Gasteiger partial charge in [-0.1, -0.05) is 23.7 Å². The summed E-state index contributed by atoms with van der Waals surface area (Å²) in [7, 11) is 0. The van der Waals surface area contributed by atoms with E-state index in [-0.39, 0.29) is 0 Å². The maximum absolute atomic E-state index is 6.14. The van der Waals surface area contributed by atoms with Crippen molar-refractivity contribution in [1.29, 1.82) is 0 Å². The number of hydrogen-bond acceptors (Lipinski definition) is 1. The fraction of sp³-hybridized carbons (Fsp3) is 0.500. The average Bonchev–Trinajstić information content (AvgIpc) is 2.92. The number of benzene rings is 1. The molecule has 1 saturated carbocycles. The van der Waals surface area contributed by atoms with Gasteiger partial charge in [0, 0.05) is 11.1 Å². The fourth-order valence-electron chi connectivity index (χ4n) is 1.76. The minimum absolute atomic E-state index is 0.301. The predicted octanol–water partition coefficient (Wildman–Crippen LogP) is 2.93. The summed E-state index contributed by atoms with van der Waals surface area (Å²) in [6, 6.07) is 6.51. The van der Waals surface area contributed by atoms with Crippen molar-refractivity contribution in [3.05, 3.63) is 34.3 Å². The van der Waals surface area contributed by atoms with Gasteiger partial charge in [-0.05, 0) is 49.3 Å². The number of hydrogen-bond donors (Lipinski definition) is 1. The van der Waals surface area contributed by atoms with Gasteiger partial charge in [0.15, 0.2) is 0 Å². The van der Waals surface area contributed by atoms with E-state index in [4.69, 9.17) is 17.3 Å². The van der Waals surface area contributed by atoms with Crippen LogP contribution in [0.15, 0.2) is 18.2 Å². The molecule has 2 N–H and O–H groups in total. The quantitative estimate of drug-likeness (QED) is 0.814. The van der Waals surface area contributed by atoms with Crippen LogP contribution in [0.5, 0.6) is 0 Å². The van der Waals surface area contributed by atoms with Crippen molar-refractivity contribution in [2.75, 3.05) is 0 Å². The Labute approximate surface area is 90.3 Å². The van der Waals surface area contributed by atoms with E-state index in [9.17, 15) is 0 Å². The Hall–Kier alpha value is -0.530. The zero-order chi connectivity index (χ0) is 10.1. The Morgan fingerprint density at radius 3 is 2.79 bits per heavy atom. The van der Waals surface area contributed by atoms with Crippen molar-refractivity contribution in [1.82, 2.24) is 0 Å². The smallest absolute Gasteiger partial charge is 0.0441 e. The molecule has 0 radical (unpaired) electrons. The van der Waals surface area contributed by atoms with Crippen molar-refractivity contribution in [2.24, 2.45) is 11.7 Å². The van der Waals surface area contributed by atoms with Crippen molar-refractivity contribution >= 4 is 11.6 Å². The Kier molecular flexibility index (Phi) is 2.80. The monoisotopic (exact) mass is 209 g/mol. The summed E-state index contributed by atoms with van der Waals surface area (Å²) < 4.78 is 0. The molecule has 1 nitrogen and oxygen atoms in total. The van der Waals surface area contributed by atoms with Gasteiger partial charge in [-0.2, -0.15) is 0 Å². The van der Waals surface area contributed by atoms with Crippen LogP contribution in [-0.2, 0) is 6.42 Å². The third-order valence-electron chi connectivity index (χ3n) is 2.89. The minimum atomic E-state index is 0.301. The van der Waals surface area contributed by atoms with E-state index < -0.39 is 0 Å². The molecule has 76 valence electrons. The average molecular weight is 210 g/mol. The third-order valence-corrected chi connectivity index (χ3v) is 3.24. The maximum Gasteiger partial charge on any atom is 0.0441 e. The zero-order valence-corrected chi connectivity index (χ0v) is 9.22. The minimum Gasteiger partial charge on any atom is -0.327 e. The molecule has 1 aliphatic carbocycles. The van der Waals surface area contributed by atoms with Crippen LogP contribution in [-0.4, -0.2) is 6.04 Å². The van der Waals surface area contributed by atoms with Crippen LogP contribution in [0.4, 0.5) is 0 Å². The van der Waals surface area contributed by atoms with E-state index in [1.807, 2.05) is 6.07 Å². The number of halogens is 1. The van der Waals surface area contributed by atoms with E-state index in [0.29, 0.717) is 6.04 Å². The summed E-state index contributed by atoms with van der Waals surface area (Å²) in [6.45, 7) is 2.05. The molecular weight excluding hydrogens is 194 g/mol.